The SMILES string of the molecule is Cc1ccc(CN2CCNCc3ccccc32)cc1F. The second kappa shape index (κ2) is 5.63. The molecule has 2 aromatic carbocycles. The lowest BCUT2D eigenvalue weighted by Crippen LogP contribution is -2.28. The van der Waals surface area contributed by atoms with Gasteiger partial charge in [-0.2, -0.15) is 0 Å². The summed E-state index contributed by atoms with van der Waals surface area (Å²) in [6.07, 6.45) is 0. The van der Waals surface area contributed by atoms with Crippen LogP contribution >= 0.6 is 0 Å². The van der Waals surface area contributed by atoms with Gasteiger partial charge in [-0.3, -0.25) is 0 Å². The first-order valence-electron chi connectivity index (χ1n) is 7.02. The fourth-order valence-corrected chi connectivity index (χ4v) is 2.65. The van der Waals surface area contributed by atoms with E-state index >= 15 is 0 Å². The van der Waals surface area contributed by atoms with Crippen LogP contribution < -0.4 is 10.2 Å². The fraction of sp³-hybridized carbons (Fsp3) is 0.294. The molecule has 3 rings (SSSR count). The Kier molecular flexibility index (Phi) is 3.70. The molecule has 0 fully saturated rings. The minimum absolute atomic E-state index is 0.122. The first kappa shape index (κ1) is 13.1. The van der Waals surface area contributed by atoms with E-state index in [1.807, 2.05) is 12.1 Å². The van der Waals surface area contributed by atoms with Crippen molar-refractivity contribution in [3.63, 3.8) is 0 Å². The number of halogens is 1. The summed E-state index contributed by atoms with van der Waals surface area (Å²) in [6, 6.07) is 13.9. The number of aryl methyl sites for hydroxylation is 1. The summed E-state index contributed by atoms with van der Waals surface area (Å²) in [7, 11) is 0. The van der Waals surface area contributed by atoms with Crippen molar-refractivity contribution in [2.75, 3.05) is 18.0 Å². The molecule has 0 aromatic heterocycles. The Morgan fingerprint density at radius 1 is 1.20 bits per heavy atom. The lowest BCUT2D eigenvalue weighted by atomic mass is 10.1. The molecule has 0 saturated carbocycles. The molecule has 20 heavy (non-hydrogen) atoms. The molecule has 1 aliphatic rings. The van der Waals surface area contributed by atoms with Crippen molar-refractivity contribution in [1.29, 1.82) is 0 Å². The summed E-state index contributed by atoms with van der Waals surface area (Å²) < 4.78 is 13.7. The number of hydrogen-bond donors (Lipinski definition) is 1. The van der Waals surface area contributed by atoms with E-state index < -0.39 is 0 Å². The van der Waals surface area contributed by atoms with Crippen LogP contribution in [0.15, 0.2) is 42.5 Å². The van der Waals surface area contributed by atoms with Gasteiger partial charge in [0.25, 0.3) is 0 Å². The maximum absolute atomic E-state index is 13.7. The summed E-state index contributed by atoms with van der Waals surface area (Å²) in [6.45, 7) is 5.32. The molecule has 0 saturated heterocycles. The number of anilines is 1. The third-order valence-corrected chi connectivity index (χ3v) is 3.82. The van der Waals surface area contributed by atoms with Crippen LogP contribution in [0, 0.1) is 12.7 Å². The highest BCUT2D eigenvalue weighted by Crippen LogP contribution is 2.24. The standard InChI is InChI=1S/C17H19FN2/c1-13-6-7-14(10-16(13)18)12-20-9-8-19-11-15-4-2-3-5-17(15)20/h2-7,10,19H,8-9,11-12H2,1H3. The Morgan fingerprint density at radius 2 is 2.05 bits per heavy atom. The van der Waals surface area contributed by atoms with Gasteiger partial charge in [-0.1, -0.05) is 30.3 Å². The van der Waals surface area contributed by atoms with Crippen LogP contribution in [0.5, 0.6) is 0 Å². The van der Waals surface area contributed by atoms with Crippen LogP contribution in [-0.4, -0.2) is 13.1 Å². The molecule has 0 radical (unpaired) electrons. The van der Waals surface area contributed by atoms with Crippen molar-refractivity contribution < 1.29 is 4.39 Å². The van der Waals surface area contributed by atoms with Crippen molar-refractivity contribution in [3.8, 4) is 0 Å². The van der Waals surface area contributed by atoms with Gasteiger partial charge in [0.2, 0.25) is 0 Å². The number of fused-ring (bicyclic) bond motifs is 1. The summed E-state index contributed by atoms with van der Waals surface area (Å²) >= 11 is 0. The molecule has 1 aliphatic heterocycles. The molecule has 0 aliphatic carbocycles. The highest BCUT2D eigenvalue weighted by atomic mass is 19.1. The highest BCUT2D eigenvalue weighted by Gasteiger charge is 2.14. The zero-order chi connectivity index (χ0) is 13.9. The van der Waals surface area contributed by atoms with E-state index in [9.17, 15) is 4.39 Å². The van der Waals surface area contributed by atoms with Crippen molar-refractivity contribution in [3.05, 3.63) is 65.0 Å². The molecular formula is C17H19FN2. The van der Waals surface area contributed by atoms with E-state index in [4.69, 9.17) is 0 Å². The molecule has 0 unspecified atom stereocenters. The van der Waals surface area contributed by atoms with Gasteiger partial charge in [0, 0.05) is 31.9 Å². The topological polar surface area (TPSA) is 15.3 Å². The molecule has 1 N–H and O–H groups in total. The third kappa shape index (κ3) is 2.68. The van der Waals surface area contributed by atoms with Crippen molar-refractivity contribution in [2.45, 2.75) is 20.0 Å². The van der Waals surface area contributed by atoms with E-state index in [0.717, 1.165) is 31.7 Å². The molecule has 0 amide bonds. The number of nitrogens with one attached hydrogen (secondary N) is 1. The van der Waals surface area contributed by atoms with Gasteiger partial charge >= 0.3 is 0 Å². The van der Waals surface area contributed by atoms with Gasteiger partial charge in [-0.15, -0.1) is 0 Å². The first-order valence-corrected chi connectivity index (χ1v) is 7.02. The quantitative estimate of drug-likeness (QED) is 0.901. The van der Waals surface area contributed by atoms with Crippen LogP contribution in [0.3, 0.4) is 0 Å². The molecule has 3 heteroatoms. The second-order valence-corrected chi connectivity index (χ2v) is 5.31. The first-order chi connectivity index (χ1) is 9.74. The lowest BCUT2D eigenvalue weighted by Gasteiger charge is -2.24. The van der Waals surface area contributed by atoms with E-state index in [0.29, 0.717) is 5.56 Å². The molecular weight excluding hydrogens is 251 g/mol. The number of rotatable bonds is 2. The molecule has 104 valence electrons. The maximum Gasteiger partial charge on any atom is 0.126 e. The van der Waals surface area contributed by atoms with Gasteiger partial charge in [0.1, 0.15) is 5.82 Å². The van der Waals surface area contributed by atoms with Gasteiger partial charge in [-0.05, 0) is 35.7 Å². The van der Waals surface area contributed by atoms with E-state index in [2.05, 4.69) is 34.5 Å². The molecule has 0 bridgehead atoms. The van der Waals surface area contributed by atoms with Gasteiger partial charge in [0.15, 0.2) is 0 Å². The average Bonchev–Trinajstić information content (AvgIpc) is 2.66. The third-order valence-electron chi connectivity index (χ3n) is 3.82. The number of nitrogens with zero attached hydrogens (tertiary/aromatic N) is 1. The van der Waals surface area contributed by atoms with Crippen LogP contribution in [0.25, 0.3) is 0 Å². The average molecular weight is 270 g/mol. The predicted octanol–water partition coefficient (Wildman–Crippen LogP) is 3.24. The Morgan fingerprint density at radius 3 is 2.90 bits per heavy atom. The Balaban J connectivity index is 1.88. The van der Waals surface area contributed by atoms with Crippen molar-refractivity contribution >= 4 is 5.69 Å². The predicted molar refractivity (Wildman–Crippen MR) is 80.3 cm³/mol. The van der Waals surface area contributed by atoms with E-state index in [1.54, 1.807) is 13.0 Å². The molecule has 0 spiro atoms. The summed E-state index contributed by atoms with van der Waals surface area (Å²) in [4.78, 5) is 2.32. The monoisotopic (exact) mass is 270 g/mol. The molecule has 1 heterocycles. The smallest absolute Gasteiger partial charge is 0.126 e. The van der Waals surface area contributed by atoms with Gasteiger partial charge in [0.05, 0.1) is 0 Å². The van der Waals surface area contributed by atoms with Crippen LogP contribution in [0.2, 0.25) is 0 Å². The highest BCUT2D eigenvalue weighted by molar-refractivity contribution is 5.54. The summed E-state index contributed by atoms with van der Waals surface area (Å²) in [5.74, 6) is -0.122. The maximum atomic E-state index is 13.7. The largest absolute Gasteiger partial charge is 0.366 e. The molecule has 2 nitrogen and oxygen atoms in total. The minimum Gasteiger partial charge on any atom is -0.366 e. The molecule has 2 aromatic rings. The van der Waals surface area contributed by atoms with Crippen molar-refractivity contribution in [1.82, 2.24) is 5.32 Å². The fourth-order valence-electron chi connectivity index (χ4n) is 2.65. The number of benzene rings is 2. The van der Waals surface area contributed by atoms with Crippen LogP contribution in [0.1, 0.15) is 16.7 Å². The van der Waals surface area contributed by atoms with Crippen molar-refractivity contribution in [2.24, 2.45) is 0 Å². The number of hydrogen-bond acceptors (Lipinski definition) is 2. The zero-order valence-corrected chi connectivity index (χ0v) is 11.7. The normalized spacial score (nSPS) is 14.8. The number of para-hydroxylation sites is 1. The van der Waals surface area contributed by atoms with Crippen LogP contribution in [0.4, 0.5) is 10.1 Å². The molecule has 0 atom stereocenters. The Labute approximate surface area is 119 Å². The Hall–Kier alpha value is -1.87. The zero-order valence-electron chi connectivity index (χ0n) is 11.7. The summed E-state index contributed by atoms with van der Waals surface area (Å²) in [5, 5.41) is 3.42. The summed E-state index contributed by atoms with van der Waals surface area (Å²) in [5.41, 5.74) is 4.27. The van der Waals surface area contributed by atoms with Gasteiger partial charge in [-0.25, -0.2) is 4.39 Å². The minimum atomic E-state index is -0.122. The van der Waals surface area contributed by atoms with E-state index in [-0.39, 0.29) is 5.82 Å². The second-order valence-electron chi connectivity index (χ2n) is 5.31. The van der Waals surface area contributed by atoms with Gasteiger partial charge < -0.3 is 10.2 Å². The lowest BCUT2D eigenvalue weighted by molar-refractivity contribution is 0.614. The Bertz CT molecular complexity index is 610. The van der Waals surface area contributed by atoms with E-state index in [1.165, 1.54) is 11.3 Å². The van der Waals surface area contributed by atoms with Crippen LogP contribution in [-0.2, 0) is 13.1 Å².